The van der Waals surface area contributed by atoms with Crippen molar-refractivity contribution in [1.29, 1.82) is 5.26 Å². The van der Waals surface area contributed by atoms with Gasteiger partial charge in [0.25, 0.3) is 5.91 Å². The summed E-state index contributed by atoms with van der Waals surface area (Å²) >= 11 is 5.89. The van der Waals surface area contributed by atoms with Crippen molar-refractivity contribution in [1.82, 2.24) is 0 Å². The van der Waals surface area contributed by atoms with E-state index in [1.807, 2.05) is 12.1 Å². The van der Waals surface area contributed by atoms with Crippen molar-refractivity contribution in [3.05, 3.63) is 88.9 Å². The van der Waals surface area contributed by atoms with Crippen LogP contribution < -0.4 is 14.8 Å². The second-order valence-corrected chi connectivity index (χ2v) is 6.36. The van der Waals surface area contributed by atoms with E-state index in [9.17, 15) is 4.79 Å². The number of hydrogen-bond acceptors (Lipinski definition) is 4. The molecule has 0 radical (unpaired) electrons. The molecule has 140 valence electrons. The van der Waals surface area contributed by atoms with Gasteiger partial charge in [-0.3, -0.25) is 4.79 Å². The van der Waals surface area contributed by atoms with E-state index in [-0.39, 0.29) is 12.5 Å². The highest BCUT2D eigenvalue weighted by molar-refractivity contribution is 6.30. The van der Waals surface area contributed by atoms with Crippen LogP contribution in [0.3, 0.4) is 0 Å². The number of amides is 1. The number of nitrogens with one attached hydrogen (secondary N) is 1. The Bertz CT molecular complexity index is 1010. The zero-order valence-electron chi connectivity index (χ0n) is 14.9. The van der Waals surface area contributed by atoms with Crippen LogP contribution in [0.1, 0.15) is 11.1 Å². The maximum Gasteiger partial charge on any atom is 0.262 e. The fourth-order valence-electron chi connectivity index (χ4n) is 2.46. The zero-order valence-corrected chi connectivity index (χ0v) is 15.6. The normalized spacial score (nSPS) is 10.0. The number of benzene rings is 3. The summed E-state index contributed by atoms with van der Waals surface area (Å²) in [6.45, 7) is 0.192. The Morgan fingerprint density at radius 3 is 2.50 bits per heavy atom. The summed E-state index contributed by atoms with van der Waals surface area (Å²) in [5.74, 6) is 0.842. The number of rotatable bonds is 7. The number of anilines is 1. The number of carbonyl (C=O) groups is 1. The molecule has 0 aliphatic rings. The Labute approximate surface area is 168 Å². The molecule has 0 atom stereocenters. The van der Waals surface area contributed by atoms with Crippen LogP contribution in [0, 0.1) is 11.3 Å². The lowest BCUT2D eigenvalue weighted by atomic mass is 10.1. The molecule has 0 saturated carbocycles. The minimum Gasteiger partial charge on any atom is -0.489 e. The smallest absolute Gasteiger partial charge is 0.262 e. The predicted molar refractivity (Wildman–Crippen MR) is 108 cm³/mol. The van der Waals surface area contributed by atoms with Gasteiger partial charge in [0.2, 0.25) is 0 Å². The monoisotopic (exact) mass is 392 g/mol. The fourth-order valence-corrected chi connectivity index (χ4v) is 2.64. The number of ether oxygens (including phenoxy) is 2. The fraction of sp³-hybridized carbons (Fsp3) is 0.0909. The Morgan fingerprint density at radius 1 is 0.964 bits per heavy atom. The van der Waals surface area contributed by atoms with E-state index in [1.54, 1.807) is 60.7 Å². The quantitative estimate of drug-likeness (QED) is 0.626. The molecule has 28 heavy (non-hydrogen) atoms. The minimum atomic E-state index is -0.293. The molecule has 0 aliphatic carbocycles. The maximum atomic E-state index is 12.1. The van der Waals surface area contributed by atoms with Gasteiger partial charge in [-0.05, 0) is 48.0 Å². The third kappa shape index (κ3) is 5.76. The van der Waals surface area contributed by atoms with Crippen LogP contribution in [0.2, 0.25) is 5.02 Å². The van der Waals surface area contributed by atoms with Gasteiger partial charge in [-0.2, -0.15) is 5.26 Å². The summed E-state index contributed by atoms with van der Waals surface area (Å²) in [6, 6.07) is 23.3. The Hall–Kier alpha value is -3.49. The first-order valence-corrected chi connectivity index (χ1v) is 8.90. The van der Waals surface area contributed by atoms with Gasteiger partial charge in [0.15, 0.2) is 6.61 Å². The highest BCUT2D eigenvalue weighted by atomic mass is 35.5. The molecule has 3 aromatic carbocycles. The van der Waals surface area contributed by atoms with E-state index in [4.69, 9.17) is 26.3 Å². The van der Waals surface area contributed by atoms with Crippen LogP contribution in [-0.2, 0) is 11.4 Å². The largest absolute Gasteiger partial charge is 0.489 e. The van der Waals surface area contributed by atoms with Crippen molar-refractivity contribution in [2.24, 2.45) is 0 Å². The average Bonchev–Trinajstić information content (AvgIpc) is 2.71. The number of nitrogens with zero attached hydrogens (tertiary/aromatic N) is 1. The predicted octanol–water partition coefficient (Wildman–Crippen LogP) is 4.81. The second kappa shape index (κ2) is 9.45. The lowest BCUT2D eigenvalue weighted by Crippen LogP contribution is -2.20. The molecule has 3 rings (SSSR count). The van der Waals surface area contributed by atoms with Crippen molar-refractivity contribution >= 4 is 23.2 Å². The summed E-state index contributed by atoms with van der Waals surface area (Å²) < 4.78 is 11.2. The number of nitriles is 1. The maximum absolute atomic E-state index is 12.1. The SMILES string of the molecule is N#Cc1cccc(COc2cccc(NC(=O)COc3cccc(Cl)c3)c2)c1. The topological polar surface area (TPSA) is 71.3 Å². The molecule has 3 aromatic rings. The first-order valence-electron chi connectivity index (χ1n) is 8.52. The first-order chi connectivity index (χ1) is 13.6. The molecular weight excluding hydrogens is 376 g/mol. The molecule has 1 amide bonds. The number of carbonyl (C=O) groups excluding carboxylic acids is 1. The van der Waals surface area contributed by atoms with Crippen molar-refractivity contribution in [2.75, 3.05) is 11.9 Å². The van der Waals surface area contributed by atoms with Crippen LogP contribution in [-0.4, -0.2) is 12.5 Å². The van der Waals surface area contributed by atoms with Crippen LogP contribution in [0.4, 0.5) is 5.69 Å². The summed E-state index contributed by atoms with van der Waals surface area (Å²) in [6.07, 6.45) is 0. The van der Waals surface area contributed by atoms with Crippen molar-refractivity contribution in [3.63, 3.8) is 0 Å². The molecule has 0 aliphatic heterocycles. The summed E-state index contributed by atoms with van der Waals surface area (Å²) in [4.78, 5) is 12.1. The van der Waals surface area contributed by atoms with Gasteiger partial charge in [0.1, 0.15) is 18.1 Å². The van der Waals surface area contributed by atoms with Gasteiger partial charge in [-0.15, -0.1) is 0 Å². The van der Waals surface area contributed by atoms with Gasteiger partial charge < -0.3 is 14.8 Å². The number of halogens is 1. The molecule has 0 aromatic heterocycles. The van der Waals surface area contributed by atoms with Gasteiger partial charge in [-0.25, -0.2) is 0 Å². The Kier molecular flexibility index (Phi) is 6.50. The standard InChI is InChI=1S/C22H17ClN2O3/c23-18-6-2-8-20(11-18)28-15-22(26)25-19-7-3-9-21(12-19)27-14-17-5-1-4-16(10-17)13-24/h1-12H,14-15H2,(H,25,26). The highest BCUT2D eigenvalue weighted by Crippen LogP contribution is 2.20. The van der Waals surface area contributed by atoms with Crippen molar-refractivity contribution < 1.29 is 14.3 Å². The van der Waals surface area contributed by atoms with E-state index in [2.05, 4.69) is 11.4 Å². The first kappa shape index (κ1) is 19.3. The summed E-state index contributed by atoms with van der Waals surface area (Å²) in [7, 11) is 0. The molecule has 0 fully saturated rings. The average molecular weight is 393 g/mol. The van der Waals surface area contributed by atoms with E-state index < -0.39 is 0 Å². The third-order valence-electron chi connectivity index (χ3n) is 3.75. The summed E-state index contributed by atoms with van der Waals surface area (Å²) in [5.41, 5.74) is 2.08. The second-order valence-electron chi connectivity index (χ2n) is 5.92. The Balaban J connectivity index is 1.53. The van der Waals surface area contributed by atoms with Crippen molar-refractivity contribution in [3.8, 4) is 17.6 Å². The Morgan fingerprint density at radius 2 is 1.71 bits per heavy atom. The van der Waals surface area contributed by atoms with E-state index in [0.717, 1.165) is 5.56 Å². The number of hydrogen-bond donors (Lipinski definition) is 1. The lowest BCUT2D eigenvalue weighted by molar-refractivity contribution is -0.118. The zero-order chi connectivity index (χ0) is 19.8. The van der Waals surface area contributed by atoms with Crippen LogP contribution >= 0.6 is 11.6 Å². The van der Waals surface area contributed by atoms with Gasteiger partial charge >= 0.3 is 0 Å². The molecular formula is C22H17ClN2O3. The molecule has 5 nitrogen and oxygen atoms in total. The molecule has 0 spiro atoms. The van der Waals surface area contributed by atoms with Crippen LogP contribution in [0.15, 0.2) is 72.8 Å². The molecule has 0 saturated heterocycles. The third-order valence-corrected chi connectivity index (χ3v) is 3.98. The minimum absolute atomic E-state index is 0.133. The molecule has 0 bridgehead atoms. The molecule has 1 N–H and O–H groups in total. The summed E-state index contributed by atoms with van der Waals surface area (Å²) in [5, 5.41) is 12.3. The highest BCUT2D eigenvalue weighted by Gasteiger charge is 2.06. The van der Waals surface area contributed by atoms with E-state index in [1.165, 1.54) is 0 Å². The van der Waals surface area contributed by atoms with E-state index >= 15 is 0 Å². The molecule has 0 heterocycles. The van der Waals surface area contributed by atoms with Gasteiger partial charge in [0, 0.05) is 16.8 Å². The van der Waals surface area contributed by atoms with Crippen molar-refractivity contribution in [2.45, 2.75) is 6.61 Å². The molecule has 6 heteroatoms. The lowest BCUT2D eigenvalue weighted by Gasteiger charge is -2.10. The van der Waals surface area contributed by atoms with Crippen LogP contribution in [0.25, 0.3) is 0 Å². The molecule has 0 unspecified atom stereocenters. The van der Waals surface area contributed by atoms with E-state index in [0.29, 0.717) is 34.4 Å². The van der Waals surface area contributed by atoms with Crippen LogP contribution in [0.5, 0.6) is 11.5 Å². The van der Waals surface area contributed by atoms with Gasteiger partial charge in [-0.1, -0.05) is 35.9 Å². The van der Waals surface area contributed by atoms with Gasteiger partial charge in [0.05, 0.1) is 11.6 Å².